The van der Waals surface area contributed by atoms with E-state index in [0.717, 1.165) is 19.5 Å². The topological polar surface area (TPSA) is 88.7 Å². The van der Waals surface area contributed by atoms with E-state index in [4.69, 9.17) is 9.47 Å². The van der Waals surface area contributed by atoms with Gasteiger partial charge in [-0.1, -0.05) is 0 Å². The number of carbonyl (C=O) groups excluding carboxylic acids is 2. The molecule has 1 atom stereocenters. The number of nitrogens with one attached hydrogen (secondary N) is 3. The monoisotopic (exact) mass is 305 g/mol. The van der Waals surface area contributed by atoms with E-state index in [2.05, 4.69) is 16.0 Å². The molecule has 0 bridgehead atoms. The van der Waals surface area contributed by atoms with Gasteiger partial charge in [-0.15, -0.1) is 0 Å². The SMILES string of the molecule is O=C1COc2cc(C(=O)NCC3CNCCCO3)ccc2N1. The zero-order chi connectivity index (χ0) is 15.4. The molecule has 1 aromatic rings. The van der Waals surface area contributed by atoms with Crippen molar-refractivity contribution in [2.75, 3.05) is 38.2 Å². The maximum absolute atomic E-state index is 12.2. The highest BCUT2D eigenvalue weighted by molar-refractivity contribution is 5.98. The third-order valence-corrected chi connectivity index (χ3v) is 3.59. The number of benzene rings is 1. The van der Waals surface area contributed by atoms with Gasteiger partial charge in [0.25, 0.3) is 11.8 Å². The molecule has 2 amide bonds. The summed E-state index contributed by atoms with van der Waals surface area (Å²) in [4.78, 5) is 23.4. The summed E-state index contributed by atoms with van der Waals surface area (Å²) in [5.74, 6) is 0.137. The highest BCUT2D eigenvalue weighted by Crippen LogP contribution is 2.28. The first-order valence-corrected chi connectivity index (χ1v) is 7.39. The Morgan fingerprint density at radius 1 is 1.41 bits per heavy atom. The Morgan fingerprint density at radius 2 is 2.32 bits per heavy atom. The van der Waals surface area contributed by atoms with Gasteiger partial charge in [0.1, 0.15) is 5.75 Å². The van der Waals surface area contributed by atoms with E-state index < -0.39 is 0 Å². The van der Waals surface area contributed by atoms with Crippen LogP contribution in [0.2, 0.25) is 0 Å². The predicted molar refractivity (Wildman–Crippen MR) is 80.1 cm³/mol. The van der Waals surface area contributed by atoms with E-state index in [9.17, 15) is 9.59 Å². The number of anilines is 1. The van der Waals surface area contributed by atoms with Gasteiger partial charge < -0.3 is 25.4 Å². The highest BCUT2D eigenvalue weighted by Gasteiger charge is 2.19. The van der Waals surface area contributed by atoms with Crippen molar-refractivity contribution in [3.05, 3.63) is 23.8 Å². The molecule has 7 heteroatoms. The Morgan fingerprint density at radius 3 is 3.23 bits per heavy atom. The van der Waals surface area contributed by atoms with E-state index in [1.165, 1.54) is 0 Å². The Labute approximate surface area is 128 Å². The molecule has 7 nitrogen and oxygen atoms in total. The van der Waals surface area contributed by atoms with E-state index >= 15 is 0 Å². The first-order chi connectivity index (χ1) is 10.7. The zero-order valence-electron chi connectivity index (χ0n) is 12.2. The number of amides is 2. The molecule has 1 unspecified atom stereocenters. The fourth-order valence-corrected chi connectivity index (χ4v) is 2.42. The van der Waals surface area contributed by atoms with Gasteiger partial charge in [0.15, 0.2) is 6.61 Å². The van der Waals surface area contributed by atoms with Crippen LogP contribution in [0.3, 0.4) is 0 Å². The molecule has 2 aliphatic heterocycles. The molecule has 0 radical (unpaired) electrons. The van der Waals surface area contributed by atoms with Gasteiger partial charge in [-0.3, -0.25) is 9.59 Å². The van der Waals surface area contributed by atoms with Crippen LogP contribution in [0.25, 0.3) is 0 Å². The third kappa shape index (κ3) is 3.55. The molecule has 0 saturated carbocycles. The molecular weight excluding hydrogens is 286 g/mol. The van der Waals surface area contributed by atoms with Crippen molar-refractivity contribution >= 4 is 17.5 Å². The second kappa shape index (κ2) is 6.76. The summed E-state index contributed by atoms with van der Waals surface area (Å²) < 4.78 is 11.0. The summed E-state index contributed by atoms with van der Waals surface area (Å²) in [6, 6.07) is 4.97. The Balaban J connectivity index is 1.59. The Kier molecular flexibility index (Phi) is 4.55. The molecule has 3 rings (SSSR count). The van der Waals surface area contributed by atoms with Crippen LogP contribution in [0.1, 0.15) is 16.8 Å². The number of rotatable bonds is 3. The molecule has 118 valence electrons. The predicted octanol–water partition coefficient (Wildman–Crippen LogP) is 0.126. The fourth-order valence-electron chi connectivity index (χ4n) is 2.42. The van der Waals surface area contributed by atoms with Crippen LogP contribution in [0.5, 0.6) is 5.75 Å². The summed E-state index contributed by atoms with van der Waals surface area (Å²) in [6.45, 7) is 2.82. The number of ether oxygens (including phenoxy) is 2. The van der Waals surface area contributed by atoms with Gasteiger partial charge in [-0.2, -0.15) is 0 Å². The van der Waals surface area contributed by atoms with E-state index in [1.807, 2.05) is 0 Å². The quantitative estimate of drug-likeness (QED) is 0.738. The van der Waals surface area contributed by atoms with Crippen LogP contribution in [-0.4, -0.2) is 50.8 Å². The molecule has 2 heterocycles. The smallest absolute Gasteiger partial charge is 0.262 e. The number of hydrogen-bond donors (Lipinski definition) is 3. The first kappa shape index (κ1) is 14.8. The molecule has 1 saturated heterocycles. The molecule has 3 N–H and O–H groups in total. The second-order valence-electron chi connectivity index (χ2n) is 5.31. The van der Waals surface area contributed by atoms with Gasteiger partial charge >= 0.3 is 0 Å². The van der Waals surface area contributed by atoms with Crippen molar-refractivity contribution in [1.82, 2.24) is 10.6 Å². The van der Waals surface area contributed by atoms with E-state index in [0.29, 0.717) is 30.2 Å². The maximum atomic E-state index is 12.2. The summed E-state index contributed by atoms with van der Waals surface area (Å²) in [5, 5.41) is 8.83. The summed E-state index contributed by atoms with van der Waals surface area (Å²) in [5.41, 5.74) is 1.08. The molecular formula is C15H19N3O4. The standard InChI is InChI=1S/C15H19N3O4/c19-14-9-22-13-6-10(2-3-12(13)18-14)15(20)17-8-11-7-16-4-1-5-21-11/h2-3,6,11,16H,1,4-5,7-9H2,(H,17,20)(H,18,19). The van der Waals surface area contributed by atoms with Crippen LogP contribution in [0.4, 0.5) is 5.69 Å². The van der Waals surface area contributed by atoms with Crippen LogP contribution >= 0.6 is 0 Å². The number of fused-ring (bicyclic) bond motifs is 1. The van der Waals surface area contributed by atoms with Crippen LogP contribution in [0.15, 0.2) is 18.2 Å². The molecule has 0 aliphatic carbocycles. The molecule has 1 aromatic carbocycles. The molecule has 1 fully saturated rings. The van der Waals surface area contributed by atoms with Gasteiger partial charge in [-0.05, 0) is 31.2 Å². The maximum Gasteiger partial charge on any atom is 0.262 e. The lowest BCUT2D eigenvalue weighted by atomic mass is 10.1. The second-order valence-corrected chi connectivity index (χ2v) is 5.31. The summed E-state index contributed by atoms with van der Waals surface area (Å²) >= 11 is 0. The van der Waals surface area contributed by atoms with Crippen molar-refractivity contribution in [3.8, 4) is 5.75 Å². The molecule has 0 spiro atoms. The van der Waals surface area contributed by atoms with Crippen LogP contribution in [0, 0.1) is 0 Å². The van der Waals surface area contributed by atoms with Gasteiger partial charge in [0.05, 0.1) is 11.8 Å². The average Bonchev–Trinajstić information content (AvgIpc) is 2.80. The van der Waals surface area contributed by atoms with Gasteiger partial charge in [0.2, 0.25) is 0 Å². The van der Waals surface area contributed by atoms with Crippen molar-refractivity contribution in [1.29, 1.82) is 0 Å². The van der Waals surface area contributed by atoms with Crippen molar-refractivity contribution in [3.63, 3.8) is 0 Å². The third-order valence-electron chi connectivity index (χ3n) is 3.59. The minimum atomic E-state index is -0.192. The van der Waals surface area contributed by atoms with Gasteiger partial charge in [-0.25, -0.2) is 0 Å². The van der Waals surface area contributed by atoms with Crippen LogP contribution in [-0.2, 0) is 9.53 Å². The molecule has 0 aromatic heterocycles. The Bertz CT molecular complexity index is 568. The van der Waals surface area contributed by atoms with Crippen molar-refractivity contribution in [2.45, 2.75) is 12.5 Å². The number of carbonyl (C=O) groups is 2. The molecule has 22 heavy (non-hydrogen) atoms. The minimum absolute atomic E-state index is 0.0142. The highest BCUT2D eigenvalue weighted by atomic mass is 16.5. The summed E-state index contributed by atoms with van der Waals surface area (Å²) in [6.07, 6.45) is 0.970. The lowest BCUT2D eigenvalue weighted by molar-refractivity contribution is -0.118. The van der Waals surface area contributed by atoms with Gasteiger partial charge in [0, 0.05) is 25.3 Å². The van der Waals surface area contributed by atoms with Crippen molar-refractivity contribution in [2.24, 2.45) is 0 Å². The lowest BCUT2D eigenvalue weighted by Gasteiger charge is -2.19. The summed E-state index contributed by atoms with van der Waals surface area (Å²) in [7, 11) is 0. The number of hydrogen-bond acceptors (Lipinski definition) is 5. The minimum Gasteiger partial charge on any atom is -0.482 e. The molecule has 2 aliphatic rings. The fraction of sp³-hybridized carbons (Fsp3) is 0.467. The normalized spacial score (nSPS) is 21.1. The zero-order valence-corrected chi connectivity index (χ0v) is 12.2. The van der Waals surface area contributed by atoms with Crippen molar-refractivity contribution < 1.29 is 19.1 Å². The van der Waals surface area contributed by atoms with Crippen LogP contribution < -0.4 is 20.7 Å². The largest absolute Gasteiger partial charge is 0.482 e. The Hall–Kier alpha value is -2.12. The average molecular weight is 305 g/mol. The lowest BCUT2D eigenvalue weighted by Crippen LogP contribution is -2.38. The van der Waals surface area contributed by atoms with E-state index in [-0.39, 0.29) is 24.5 Å². The first-order valence-electron chi connectivity index (χ1n) is 7.39. The van der Waals surface area contributed by atoms with E-state index in [1.54, 1.807) is 18.2 Å².